The van der Waals surface area contributed by atoms with Gasteiger partial charge in [-0.25, -0.2) is 0 Å². The molecule has 0 aromatic rings. The summed E-state index contributed by atoms with van der Waals surface area (Å²) in [5.74, 6) is 0. The third-order valence-corrected chi connectivity index (χ3v) is 0.707. The lowest BCUT2D eigenvalue weighted by Gasteiger charge is -1.72. The summed E-state index contributed by atoms with van der Waals surface area (Å²) in [6, 6.07) is 0. The Morgan fingerprint density at radius 1 is 1.67 bits per heavy atom. The molecule has 0 saturated carbocycles. The molecular formula is C2H11B3O. The van der Waals surface area contributed by atoms with Crippen LogP contribution in [0.5, 0.6) is 0 Å². The third-order valence-electron chi connectivity index (χ3n) is 0.707. The molecule has 0 aromatic heterocycles. The zero-order valence-corrected chi connectivity index (χ0v) is 4.62. The topological polar surface area (TPSA) is 31.5 Å². The van der Waals surface area contributed by atoms with E-state index < -0.39 is 0 Å². The van der Waals surface area contributed by atoms with Gasteiger partial charge in [0.05, 0.1) is 22.0 Å². The molecule has 0 unspecified atom stereocenters. The van der Waals surface area contributed by atoms with E-state index in [2.05, 4.69) is 14.7 Å². The monoisotopic (exact) mass is 84.1 g/mol. The summed E-state index contributed by atoms with van der Waals surface area (Å²) >= 11 is 0. The lowest BCUT2D eigenvalue weighted by atomic mass is 9.27. The van der Waals surface area contributed by atoms with Crippen molar-refractivity contribution < 1.29 is 5.48 Å². The predicted octanol–water partition coefficient (Wildman–Crippen LogP) is -2.06. The first-order valence-corrected chi connectivity index (χ1v) is 2.41. The number of rotatable bonds is 2. The van der Waals surface area contributed by atoms with E-state index in [1.165, 1.54) is 20.6 Å². The average molecular weight is 83.5 g/mol. The average Bonchev–Trinajstić information content (AvgIpc) is 1.41. The first-order chi connectivity index (χ1) is 2.41. The fourth-order valence-electron chi connectivity index (χ4n) is 0.354. The summed E-state index contributed by atoms with van der Waals surface area (Å²) in [6.45, 7) is 2.21. The summed E-state index contributed by atoms with van der Waals surface area (Å²) in [6.07, 6.45) is 1.34. The fraction of sp³-hybridized carbons (Fsp3) is 1.00. The van der Waals surface area contributed by atoms with Crippen LogP contribution < -0.4 is 0 Å². The van der Waals surface area contributed by atoms with Gasteiger partial charge in [-0.1, -0.05) is 13.2 Å². The minimum atomic E-state index is 0. The van der Waals surface area contributed by atoms with Gasteiger partial charge in [-0.2, -0.15) is 0 Å². The predicted molar refractivity (Wildman–Crippen MR) is 36.9 cm³/mol. The molecule has 0 atom stereocenters. The maximum Gasteiger partial charge on any atom is 0.0776 e. The molecule has 6 heavy (non-hydrogen) atoms. The lowest BCUT2D eigenvalue weighted by Crippen LogP contribution is -1.98. The summed E-state index contributed by atoms with van der Waals surface area (Å²) in [5, 5.41) is 0. The van der Waals surface area contributed by atoms with Crippen molar-refractivity contribution in [1.82, 2.24) is 0 Å². The molecule has 0 aliphatic carbocycles. The molecule has 4 heteroatoms. The Balaban J connectivity index is 0. The van der Waals surface area contributed by atoms with E-state index in [9.17, 15) is 0 Å². The van der Waals surface area contributed by atoms with Gasteiger partial charge in [-0.3, -0.25) is 0 Å². The molecule has 0 radical (unpaired) electrons. The van der Waals surface area contributed by atoms with Gasteiger partial charge in [0.15, 0.2) is 0 Å². The molecule has 0 amide bonds. The van der Waals surface area contributed by atoms with Crippen molar-refractivity contribution in [3.05, 3.63) is 0 Å². The van der Waals surface area contributed by atoms with Crippen molar-refractivity contribution in [2.75, 3.05) is 0 Å². The third kappa shape index (κ3) is 8.91. The molecule has 0 aliphatic heterocycles. The second-order valence-electron chi connectivity index (χ2n) is 1.35. The van der Waals surface area contributed by atoms with Crippen LogP contribution in [0.2, 0.25) is 6.32 Å². The number of hydrogen-bond acceptors (Lipinski definition) is 0. The Kier molecular flexibility index (Phi) is 14.1. The highest BCUT2D eigenvalue weighted by Crippen LogP contribution is 1.63. The molecule has 0 bridgehead atoms. The van der Waals surface area contributed by atoms with Crippen LogP contribution in [0.1, 0.15) is 6.92 Å². The highest BCUT2D eigenvalue weighted by Gasteiger charge is 1.75. The maximum atomic E-state index is 2.21. The quantitative estimate of drug-likeness (QED) is 0.344. The van der Waals surface area contributed by atoms with Gasteiger partial charge in [0, 0.05) is 0 Å². The van der Waals surface area contributed by atoms with E-state index >= 15 is 0 Å². The Hall–Kier alpha value is 0.155. The van der Waals surface area contributed by atoms with Gasteiger partial charge in [-0.15, -0.1) is 0 Å². The Morgan fingerprint density at radius 2 is 2.17 bits per heavy atom. The van der Waals surface area contributed by atoms with Gasteiger partial charge in [0.25, 0.3) is 0 Å². The van der Waals surface area contributed by atoms with Crippen LogP contribution >= 0.6 is 0 Å². The molecule has 0 aliphatic rings. The standard InChI is InChI=1S/C2H9B3.H2O/c1-2-4-5-3;/h4-5H,2-3H2,1H3;1H2. The van der Waals surface area contributed by atoms with E-state index in [0.717, 1.165) is 0 Å². The van der Waals surface area contributed by atoms with Crippen LogP contribution in [0.15, 0.2) is 0 Å². The van der Waals surface area contributed by atoms with Crippen LogP contribution in [0.25, 0.3) is 0 Å². The summed E-state index contributed by atoms with van der Waals surface area (Å²) < 4.78 is 0. The zero-order valence-electron chi connectivity index (χ0n) is 4.62. The molecule has 0 saturated heterocycles. The zero-order chi connectivity index (χ0) is 4.12. The molecule has 0 fully saturated rings. The van der Waals surface area contributed by atoms with E-state index in [4.69, 9.17) is 0 Å². The van der Waals surface area contributed by atoms with E-state index in [1.54, 1.807) is 0 Å². The molecule has 34 valence electrons. The molecule has 0 aromatic carbocycles. The van der Waals surface area contributed by atoms with Crippen molar-refractivity contribution in [1.29, 1.82) is 0 Å². The first kappa shape index (κ1) is 9.47. The smallest absolute Gasteiger partial charge is 0.0776 e. The summed E-state index contributed by atoms with van der Waals surface area (Å²) in [5.41, 5.74) is 0. The molecule has 0 heterocycles. The fourth-order valence-corrected chi connectivity index (χ4v) is 0.354. The largest absolute Gasteiger partial charge is 0.412 e. The maximum absolute atomic E-state index is 2.21. The van der Waals surface area contributed by atoms with Crippen molar-refractivity contribution in [2.24, 2.45) is 0 Å². The minimum Gasteiger partial charge on any atom is -0.412 e. The molecule has 2 N–H and O–H groups in total. The molecular weight excluding hydrogens is 72.5 g/mol. The normalized spacial score (nSPS) is 5.50. The highest BCUT2D eigenvalue weighted by molar-refractivity contribution is 7.23. The second kappa shape index (κ2) is 8.94. The van der Waals surface area contributed by atoms with Crippen molar-refractivity contribution in [2.45, 2.75) is 13.2 Å². The highest BCUT2D eigenvalue weighted by atomic mass is 16.0. The summed E-state index contributed by atoms with van der Waals surface area (Å²) in [4.78, 5) is 0. The molecule has 1 nitrogen and oxygen atoms in total. The van der Waals surface area contributed by atoms with Gasteiger partial charge >= 0.3 is 0 Å². The number of hydrogen-bond donors (Lipinski definition) is 0. The molecule has 0 rings (SSSR count). The van der Waals surface area contributed by atoms with Gasteiger partial charge in [-0.05, 0) is 0 Å². The van der Waals surface area contributed by atoms with Crippen molar-refractivity contribution in [3.63, 3.8) is 0 Å². The van der Waals surface area contributed by atoms with Gasteiger partial charge in [0.2, 0.25) is 0 Å². The van der Waals surface area contributed by atoms with Crippen molar-refractivity contribution in [3.8, 4) is 0 Å². The van der Waals surface area contributed by atoms with Crippen LogP contribution in [0.4, 0.5) is 0 Å². The van der Waals surface area contributed by atoms with Gasteiger partial charge < -0.3 is 5.48 Å². The second-order valence-corrected chi connectivity index (χ2v) is 1.35. The van der Waals surface area contributed by atoms with E-state index in [1.807, 2.05) is 0 Å². The van der Waals surface area contributed by atoms with Crippen LogP contribution in [-0.4, -0.2) is 27.4 Å². The SMILES string of the molecule is BBBCC.O. The lowest BCUT2D eigenvalue weighted by molar-refractivity contribution is 0.824. The summed E-state index contributed by atoms with van der Waals surface area (Å²) in [7, 11) is 4.94. The van der Waals surface area contributed by atoms with E-state index in [0.29, 0.717) is 0 Å². The van der Waals surface area contributed by atoms with Crippen LogP contribution in [0, 0.1) is 0 Å². The van der Waals surface area contributed by atoms with E-state index in [-0.39, 0.29) is 5.48 Å². The Bertz CT molecular complexity index is 16.3. The first-order valence-electron chi connectivity index (χ1n) is 2.41. The van der Waals surface area contributed by atoms with Crippen LogP contribution in [0.3, 0.4) is 0 Å². The van der Waals surface area contributed by atoms with Crippen molar-refractivity contribution >= 4 is 22.0 Å². The Labute approximate surface area is 41.7 Å². The van der Waals surface area contributed by atoms with Crippen LogP contribution in [-0.2, 0) is 0 Å². The minimum absolute atomic E-state index is 0. The molecule has 0 spiro atoms. The van der Waals surface area contributed by atoms with Gasteiger partial charge in [0.1, 0.15) is 0 Å². The Morgan fingerprint density at radius 3 is 2.17 bits per heavy atom.